The van der Waals surface area contributed by atoms with Crippen molar-refractivity contribution in [1.29, 1.82) is 0 Å². The average molecular weight is 298 g/mol. The summed E-state index contributed by atoms with van der Waals surface area (Å²) >= 11 is 0. The van der Waals surface area contributed by atoms with Gasteiger partial charge in [0, 0.05) is 11.4 Å². The van der Waals surface area contributed by atoms with Crippen molar-refractivity contribution in [1.82, 2.24) is 9.63 Å². The number of aliphatic hydroxyl groups is 1. The first-order valence-corrected chi connectivity index (χ1v) is 6.75. The summed E-state index contributed by atoms with van der Waals surface area (Å²) in [4.78, 5) is 28.8. The molecule has 0 atom stereocenters. The zero-order valence-electron chi connectivity index (χ0n) is 12.9. The van der Waals surface area contributed by atoms with E-state index in [1.165, 1.54) is 7.11 Å². The van der Waals surface area contributed by atoms with Gasteiger partial charge >= 0.3 is 5.97 Å². The predicted octanol–water partition coefficient (Wildman–Crippen LogP) is 0.664. The van der Waals surface area contributed by atoms with Crippen molar-refractivity contribution in [2.45, 2.75) is 27.3 Å². The van der Waals surface area contributed by atoms with Crippen LogP contribution < -0.4 is 0 Å². The van der Waals surface area contributed by atoms with Gasteiger partial charge in [0.1, 0.15) is 6.54 Å². The quantitative estimate of drug-likeness (QED) is 0.591. The lowest BCUT2D eigenvalue weighted by molar-refractivity contribution is -0.178. The first kappa shape index (κ1) is 17.2. The summed E-state index contributed by atoms with van der Waals surface area (Å²) in [5.41, 5.74) is 1.90. The maximum atomic E-state index is 12.1. The second kappa shape index (κ2) is 7.80. The maximum absolute atomic E-state index is 12.1. The summed E-state index contributed by atoms with van der Waals surface area (Å²) in [6.07, 6.45) is 0. The molecule has 118 valence electrons. The molecule has 0 spiro atoms. The van der Waals surface area contributed by atoms with Crippen LogP contribution in [0.1, 0.15) is 28.7 Å². The van der Waals surface area contributed by atoms with E-state index in [2.05, 4.69) is 0 Å². The number of esters is 1. The van der Waals surface area contributed by atoms with Crippen molar-refractivity contribution in [3.05, 3.63) is 23.0 Å². The number of aryl methyl sites for hydroxylation is 1. The van der Waals surface area contributed by atoms with E-state index in [-0.39, 0.29) is 25.6 Å². The highest BCUT2D eigenvalue weighted by molar-refractivity contribution is 5.91. The molecule has 0 aliphatic carbocycles. The van der Waals surface area contributed by atoms with E-state index in [9.17, 15) is 9.59 Å². The van der Waals surface area contributed by atoms with Gasteiger partial charge in [-0.15, -0.1) is 0 Å². The van der Waals surface area contributed by atoms with Crippen LogP contribution in [0, 0.1) is 13.8 Å². The van der Waals surface area contributed by atoms with Crippen LogP contribution in [0.15, 0.2) is 6.07 Å². The lowest BCUT2D eigenvalue weighted by Gasteiger charge is -2.20. The van der Waals surface area contributed by atoms with Gasteiger partial charge in [-0.1, -0.05) is 0 Å². The summed E-state index contributed by atoms with van der Waals surface area (Å²) in [7, 11) is 1.37. The first-order valence-electron chi connectivity index (χ1n) is 6.75. The van der Waals surface area contributed by atoms with Gasteiger partial charge in [-0.25, -0.2) is 9.86 Å². The van der Waals surface area contributed by atoms with E-state index >= 15 is 0 Å². The Morgan fingerprint density at radius 2 is 2.05 bits per heavy atom. The Balaban J connectivity index is 2.94. The van der Waals surface area contributed by atoms with Gasteiger partial charge in [0.25, 0.3) is 5.91 Å². The Bertz CT molecular complexity index is 510. The fraction of sp³-hybridized carbons (Fsp3) is 0.571. The highest BCUT2D eigenvalue weighted by Gasteiger charge is 2.20. The molecule has 7 nitrogen and oxygen atoms in total. The maximum Gasteiger partial charge on any atom is 0.339 e. The molecule has 0 bridgehead atoms. The minimum atomic E-state index is -0.400. The second-order valence-corrected chi connectivity index (χ2v) is 4.49. The molecular formula is C14H22N2O5. The SMILES string of the molecule is CCOC(=O)c1cc(C)n(CC(=O)N(CCO)OC)c1C. The number of amides is 1. The number of ether oxygens (including phenoxy) is 1. The third-order valence-corrected chi connectivity index (χ3v) is 3.16. The molecule has 0 radical (unpaired) electrons. The van der Waals surface area contributed by atoms with Crippen molar-refractivity contribution in [3.8, 4) is 0 Å². The van der Waals surface area contributed by atoms with Gasteiger partial charge in [0.2, 0.25) is 0 Å². The van der Waals surface area contributed by atoms with E-state index in [0.717, 1.165) is 10.8 Å². The van der Waals surface area contributed by atoms with Crippen LogP contribution in [0.5, 0.6) is 0 Å². The Hall–Kier alpha value is -1.86. The number of hydrogen-bond donors (Lipinski definition) is 1. The van der Waals surface area contributed by atoms with Crippen LogP contribution in [0.25, 0.3) is 0 Å². The third-order valence-electron chi connectivity index (χ3n) is 3.16. The zero-order valence-corrected chi connectivity index (χ0v) is 12.9. The Kier molecular flexibility index (Phi) is 6.39. The molecule has 1 heterocycles. The molecule has 21 heavy (non-hydrogen) atoms. The van der Waals surface area contributed by atoms with Crippen molar-refractivity contribution in [2.75, 3.05) is 26.9 Å². The lowest BCUT2D eigenvalue weighted by Crippen LogP contribution is -2.35. The summed E-state index contributed by atoms with van der Waals surface area (Å²) in [5.74, 6) is -0.702. The van der Waals surface area contributed by atoms with Crippen LogP contribution in [0.4, 0.5) is 0 Å². The molecule has 0 unspecified atom stereocenters. The van der Waals surface area contributed by atoms with Gasteiger partial charge in [0.05, 0.1) is 32.4 Å². The molecule has 0 aliphatic rings. The third kappa shape index (κ3) is 4.05. The Labute approximate surface area is 124 Å². The molecule has 0 fully saturated rings. The number of hydrogen-bond acceptors (Lipinski definition) is 5. The van der Waals surface area contributed by atoms with Crippen molar-refractivity contribution in [3.63, 3.8) is 0 Å². The van der Waals surface area contributed by atoms with Crippen LogP contribution in [-0.4, -0.2) is 53.5 Å². The van der Waals surface area contributed by atoms with Gasteiger partial charge in [-0.3, -0.25) is 9.63 Å². The molecule has 0 aromatic carbocycles. The number of carbonyl (C=O) groups is 2. The smallest absolute Gasteiger partial charge is 0.339 e. The number of rotatable bonds is 7. The standard InChI is InChI=1S/C14H22N2O5/c1-5-21-14(19)12-8-10(2)15(11(12)3)9-13(18)16(20-4)6-7-17/h8,17H,5-7,9H2,1-4H3. The topological polar surface area (TPSA) is 81.0 Å². The van der Waals surface area contributed by atoms with Crippen LogP contribution in [0.2, 0.25) is 0 Å². The largest absolute Gasteiger partial charge is 0.462 e. The predicted molar refractivity (Wildman–Crippen MR) is 75.7 cm³/mol. The lowest BCUT2D eigenvalue weighted by atomic mass is 10.2. The minimum Gasteiger partial charge on any atom is -0.462 e. The molecule has 1 rings (SSSR count). The van der Waals surface area contributed by atoms with Crippen molar-refractivity contribution < 1.29 is 24.3 Å². The second-order valence-electron chi connectivity index (χ2n) is 4.49. The summed E-state index contributed by atoms with van der Waals surface area (Å²) in [5, 5.41) is 9.97. The Morgan fingerprint density at radius 3 is 2.57 bits per heavy atom. The molecule has 1 N–H and O–H groups in total. The van der Waals surface area contributed by atoms with E-state index < -0.39 is 5.97 Å². The number of aromatic nitrogens is 1. The molecule has 0 saturated heterocycles. The number of nitrogens with zero attached hydrogens (tertiary/aromatic N) is 2. The van der Waals surface area contributed by atoms with E-state index in [1.54, 1.807) is 24.5 Å². The van der Waals surface area contributed by atoms with Crippen LogP contribution in [0.3, 0.4) is 0 Å². The van der Waals surface area contributed by atoms with Gasteiger partial charge < -0.3 is 14.4 Å². The van der Waals surface area contributed by atoms with Crippen LogP contribution >= 0.6 is 0 Å². The van der Waals surface area contributed by atoms with E-state index in [4.69, 9.17) is 14.7 Å². The first-order chi connectivity index (χ1) is 9.96. The van der Waals surface area contributed by atoms with E-state index in [0.29, 0.717) is 17.9 Å². The number of carbonyl (C=O) groups excluding carboxylic acids is 2. The highest BCUT2D eigenvalue weighted by atomic mass is 16.7. The minimum absolute atomic E-state index is 0.0327. The molecule has 0 saturated carbocycles. The van der Waals surface area contributed by atoms with Crippen molar-refractivity contribution in [2.24, 2.45) is 0 Å². The van der Waals surface area contributed by atoms with Crippen molar-refractivity contribution >= 4 is 11.9 Å². The number of aliphatic hydroxyl groups excluding tert-OH is 1. The van der Waals surface area contributed by atoms with E-state index in [1.807, 2.05) is 6.92 Å². The van der Waals surface area contributed by atoms with Gasteiger partial charge in [-0.2, -0.15) is 0 Å². The molecule has 7 heteroatoms. The molecule has 1 aromatic rings. The Morgan fingerprint density at radius 1 is 1.38 bits per heavy atom. The molecule has 1 amide bonds. The zero-order chi connectivity index (χ0) is 16.0. The fourth-order valence-electron chi connectivity index (χ4n) is 2.08. The van der Waals surface area contributed by atoms with Gasteiger partial charge in [-0.05, 0) is 26.8 Å². The fourth-order valence-corrected chi connectivity index (χ4v) is 2.08. The highest BCUT2D eigenvalue weighted by Crippen LogP contribution is 2.16. The molecule has 0 aliphatic heterocycles. The normalized spacial score (nSPS) is 10.5. The van der Waals surface area contributed by atoms with Gasteiger partial charge in [0.15, 0.2) is 0 Å². The monoisotopic (exact) mass is 298 g/mol. The summed E-state index contributed by atoms with van der Waals surface area (Å²) in [6, 6.07) is 1.70. The average Bonchev–Trinajstić information content (AvgIpc) is 2.73. The molecular weight excluding hydrogens is 276 g/mol. The summed E-state index contributed by atoms with van der Waals surface area (Å²) < 4.78 is 6.70. The number of hydroxylamine groups is 2. The summed E-state index contributed by atoms with van der Waals surface area (Å²) in [6.45, 7) is 5.56. The molecule has 1 aromatic heterocycles. The van der Waals surface area contributed by atoms with Crippen LogP contribution in [-0.2, 0) is 20.9 Å².